The molecular formula is C13H14N3O4+. The van der Waals surface area contributed by atoms with Crippen LogP contribution in [-0.4, -0.2) is 17.2 Å². The first-order valence-corrected chi connectivity index (χ1v) is 5.86. The highest BCUT2D eigenvalue weighted by Crippen LogP contribution is 2.15. The predicted molar refractivity (Wildman–Crippen MR) is 70.8 cm³/mol. The Kier molecular flexibility index (Phi) is 3.99. The molecule has 2 rings (SSSR count). The second-order valence-electron chi connectivity index (χ2n) is 4.07. The van der Waals surface area contributed by atoms with Crippen LogP contribution in [0.3, 0.4) is 0 Å². The molecule has 0 saturated heterocycles. The lowest BCUT2D eigenvalue weighted by Crippen LogP contribution is -2.33. The van der Waals surface area contributed by atoms with Crippen molar-refractivity contribution in [1.82, 2.24) is 0 Å². The molecule has 20 heavy (non-hydrogen) atoms. The molecule has 0 spiro atoms. The van der Waals surface area contributed by atoms with E-state index in [0.717, 1.165) is 16.0 Å². The Hall–Kier alpha value is -2.83. The Bertz CT molecular complexity index is 614. The van der Waals surface area contributed by atoms with Gasteiger partial charge in [0.05, 0.1) is 18.1 Å². The van der Waals surface area contributed by atoms with Crippen molar-refractivity contribution >= 4 is 11.5 Å². The van der Waals surface area contributed by atoms with Gasteiger partial charge in [0.25, 0.3) is 5.69 Å². The first-order valence-electron chi connectivity index (χ1n) is 5.86. The zero-order valence-corrected chi connectivity index (χ0v) is 10.8. The van der Waals surface area contributed by atoms with Gasteiger partial charge in [-0.1, -0.05) is 16.9 Å². The maximum absolute atomic E-state index is 10.7. The highest BCUT2D eigenvalue weighted by molar-refractivity contribution is 5.40. The number of rotatable bonds is 5. The molecule has 0 amide bonds. The van der Waals surface area contributed by atoms with Crippen molar-refractivity contribution < 1.29 is 19.6 Å². The molecule has 0 aliphatic rings. The van der Waals surface area contributed by atoms with E-state index in [4.69, 9.17) is 4.74 Å². The standard InChI is InChI=1S/C13H13N3O4/c1-20-12-4-2-10(3-5-12)9-14-13-8-11(16(18)19)6-7-15(13)17/h2-8,17H,9H2,1H3/p+1. The van der Waals surface area contributed by atoms with Gasteiger partial charge in [-0.05, 0) is 17.7 Å². The van der Waals surface area contributed by atoms with Crippen LogP contribution in [0.5, 0.6) is 5.75 Å². The van der Waals surface area contributed by atoms with Gasteiger partial charge in [-0.2, -0.15) is 0 Å². The Labute approximate surface area is 115 Å². The van der Waals surface area contributed by atoms with E-state index in [1.54, 1.807) is 7.11 Å². The topological polar surface area (TPSA) is 88.5 Å². The van der Waals surface area contributed by atoms with E-state index in [-0.39, 0.29) is 11.5 Å². The largest absolute Gasteiger partial charge is 0.497 e. The molecule has 0 atom stereocenters. The molecule has 7 nitrogen and oxygen atoms in total. The van der Waals surface area contributed by atoms with Crippen LogP contribution in [0.15, 0.2) is 42.6 Å². The van der Waals surface area contributed by atoms with E-state index in [2.05, 4.69) is 5.32 Å². The van der Waals surface area contributed by atoms with Crippen LogP contribution in [0.4, 0.5) is 11.5 Å². The minimum Gasteiger partial charge on any atom is -0.497 e. The second-order valence-corrected chi connectivity index (χ2v) is 4.07. The third kappa shape index (κ3) is 3.14. The summed E-state index contributed by atoms with van der Waals surface area (Å²) in [7, 11) is 1.59. The summed E-state index contributed by atoms with van der Waals surface area (Å²) < 4.78 is 5.86. The van der Waals surface area contributed by atoms with Crippen LogP contribution in [-0.2, 0) is 6.54 Å². The minimum atomic E-state index is -0.515. The Morgan fingerprint density at radius 2 is 2.05 bits per heavy atom. The number of ether oxygens (including phenoxy) is 1. The number of hydrogen-bond acceptors (Lipinski definition) is 5. The Morgan fingerprint density at radius 3 is 2.65 bits per heavy atom. The molecule has 2 N–H and O–H groups in total. The zero-order valence-electron chi connectivity index (χ0n) is 10.8. The summed E-state index contributed by atoms with van der Waals surface area (Å²) >= 11 is 0. The third-order valence-electron chi connectivity index (χ3n) is 2.76. The van der Waals surface area contributed by atoms with Gasteiger partial charge in [0, 0.05) is 0 Å². The van der Waals surface area contributed by atoms with Gasteiger partial charge in [0.15, 0.2) is 0 Å². The van der Waals surface area contributed by atoms with Crippen LogP contribution in [0.2, 0.25) is 0 Å². The molecule has 1 aromatic heterocycles. The summed E-state index contributed by atoms with van der Waals surface area (Å²) in [6.45, 7) is 0.422. The second kappa shape index (κ2) is 5.87. The molecule has 0 aliphatic heterocycles. The summed E-state index contributed by atoms with van der Waals surface area (Å²) in [5, 5.41) is 23.2. The predicted octanol–water partition coefficient (Wildman–Crippen LogP) is 1.74. The van der Waals surface area contributed by atoms with Gasteiger partial charge in [0.2, 0.25) is 0 Å². The lowest BCUT2D eigenvalue weighted by Gasteiger charge is -2.03. The molecule has 0 radical (unpaired) electrons. The van der Waals surface area contributed by atoms with Crippen molar-refractivity contribution in [3.8, 4) is 5.75 Å². The quantitative estimate of drug-likeness (QED) is 0.376. The van der Waals surface area contributed by atoms with Gasteiger partial charge >= 0.3 is 5.82 Å². The van der Waals surface area contributed by atoms with Crippen molar-refractivity contribution in [3.63, 3.8) is 0 Å². The van der Waals surface area contributed by atoms with Crippen molar-refractivity contribution in [2.24, 2.45) is 0 Å². The van der Waals surface area contributed by atoms with Crippen molar-refractivity contribution in [3.05, 3.63) is 58.3 Å². The van der Waals surface area contributed by atoms with Crippen LogP contribution < -0.4 is 14.8 Å². The lowest BCUT2D eigenvalue weighted by atomic mass is 10.2. The van der Waals surface area contributed by atoms with Crippen LogP contribution in [0, 0.1) is 10.1 Å². The molecule has 1 heterocycles. The van der Waals surface area contributed by atoms with E-state index in [1.807, 2.05) is 24.3 Å². The average molecular weight is 276 g/mol. The number of anilines is 1. The van der Waals surface area contributed by atoms with Crippen molar-refractivity contribution in [2.45, 2.75) is 6.54 Å². The Morgan fingerprint density at radius 1 is 1.35 bits per heavy atom. The van der Waals surface area contributed by atoms with Crippen LogP contribution >= 0.6 is 0 Å². The normalized spacial score (nSPS) is 10.1. The molecule has 2 aromatic rings. The number of nitrogens with zero attached hydrogens (tertiary/aromatic N) is 2. The van der Waals surface area contributed by atoms with Gasteiger partial charge in [-0.15, -0.1) is 0 Å². The van der Waals surface area contributed by atoms with Crippen LogP contribution in [0.1, 0.15) is 5.56 Å². The average Bonchev–Trinajstić information content (AvgIpc) is 2.46. The van der Waals surface area contributed by atoms with Crippen molar-refractivity contribution in [1.29, 1.82) is 0 Å². The molecular weight excluding hydrogens is 262 g/mol. The molecule has 1 aromatic carbocycles. The molecule has 7 heteroatoms. The number of pyridine rings is 1. The van der Waals surface area contributed by atoms with E-state index >= 15 is 0 Å². The van der Waals surface area contributed by atoms with Crippen molar-refractivity contribution in [2.75, 3.05) is 12.4 Å². The third-order valence-corrected chi connectivity index (χ3v) is 2.76. The monoisotopic (exact) mass is 276 g/mol. The van der Waals surface area contributed by atoms with E-state index in [0.29, 0.717) is 6.54 Å². The molecule has 0 aliphatic carbocycles. The first-order chi connectivity index (χ1) is 9.60. The maximum atomic E-state index is 10.7. The summed E-state index contributed by atoms with van der Waals surface area (Å²) in [6.07, 6.45) is 1.22. The Balaban J connectivity index is 2.09. The number of nitro groups is 1. The number of hydrogen-bond donors (Lipinski definition) is 2. The maximum Gasteiger partial charge on any atom is 0.321 e. The number of benzene rings is 1. The van der Waals surface area contributed by atoms with Gasteiger partial charge < -0.3 is 9.94 Å². The SMILES string of the molecule is COc1ccc(CNc2cc([N+](=O)[O-])cc[n+]2O)cc1. The summed E-state index contributed by atoms with van der Waals surface area (Å²) in [5.74, 6) is 0.997. The number of aromatic nitrogens is 1. The zero-order chi connectivity index (χ0) is 14.5. The number of methoxy groups -OCH3 is 1. The van der Waals surface area contributed by atoms with Gasteiger partial charge in [-0.25, -0.2) is 0 Å². The smallest absolute Gasteiger partial charge is 0.321 e. The van der Waals surface area contributed by atoms with Gasteiger partial charge in [0.1, 0.15) is 24.6 Å². The lowest BCUT2D eigenvalue weighted by molar-refractivity contribution is -0.893. The van der Waals surface area contributed by atoms with E-state index in [9.17, 15) is 15.3 Å². The highest BCUT2D eigenvalue weighted by atomic mass is 16.6. The highest BCUT2D eigenvalue weighted by Gasteiger charge is 2.15. The van der Waals surface area contributed by atoms with E-state index in [1.165, 1.54) is 18.3 Å². The molecule has 104 valence electrons. The summed E-state index contributed by atoms with van der Waals surface area (Å²) in [5.41, 5.74) is 0.866. The minimum absolute atomic E-state index is 0.0902. The molecule has 0 saturated carbocycles. The molecule has 0 fully saturated rings. The van der Waals surface area contributed by atoms with Gasteiger partial charge in [-0.3, -0.25) is 15.4 Å². The fraction of sp³-hybridized carbons (Fsp3) is 0.154. The fourth-order valence-corrected chi connectivity index (χ4v) is 1.66. The summed E-state index contributed by atoms with van der Waals surface area (Å²) in [6, 6.07) is 9.85. The molecule has 0 unspecified atom stereocenters. The number of nitrogens with one attached hydrogen (secondary N) is 1. The van der Waals surface area contributed by atoms with E-state index < -0.39 is 4.92 Å². The fourth-order valence-electron chi connectivity index (χ4n) is 1.66. The molecule has 0 bridgehead atoms. The summed E-state index contributed by atoms with van der Waals surface area (Å²) in [4.78, 5) is 10.2. The van der Waals surface area contributed by atoms with Crippen LogP contribution in [0.25, 0.3) is 0 Å². The first kappa shape index (κ1) is 13.6.